The standard InChI is InChI=1S/C12H8Cl3FN2O3/c13-12(14,15)11(21)17-9(19)5-18-8-4-7(16)2-1-6(8)3-10(18)20/h1-2,4H,3,5H2,(H,17,19,21). The summed E-state index contributed by atoms with van der Waals surface area (Å²) in [4.78, 5) is 35.9. The Morgan fingerprint density at radius 2 is 2.00 bits per heavy atom. The molecule has 21 heavy (non-hydrogen) atoms. The van der Waals surface area contributed by atoms with E-state index in [1.54, 1.807) is 0 Å². The Morgan fingerprint density at radius 1 is 1.33 bits per heavy atom. The number of nitrogens with one attached hydrogen (secondary N) is 1. The number of anilines is 1. The third-order valence-electron chi connectivity index (χ3n) is 2.79. The van der Waals surface area contributed by atoms with Gasteiger partial charge in [-0.05, 0) is 17.7 Å². The first-order chi connectivity index (χ1) is 9.68. The van der Waals surface area contributed by atoms with Gasteiger partial charge in [0, 0.05) is 0 Å². The Balaban J connectivity index is 2.11. The van der Waals surface area contributed by atoms with Crippen molar-refractivity contribution in [3.8, 4) is 0 Å². The summed E-state index contributed by atoms with van der Waals surface area (Å²) < 4.78 is 10.9. The number of carbonyl (C=O) groups excluding carboxylic acids is 3. The molecule has 112 valence electrons. The van der Waals surface area contributed by atoms with E-state index in [0.29, 0.717) is 5.56 Å². The van der Waals surface area contributed by atoms with Gasteiger partial charge in [-0.15, -0.1) is 0 Å². The fourth-order valence-corrected chi connectivity index (χ4v) is 2.03. The minimum absolute atomic E-state index is 0.0568. The number of amides is 3. The highest BCUT2D eigenvalue weighted by Gasteiger charge is 2.34. The summed E-state index contributed by atoms with van der Waals surface area (Å²) in [7, 11) is 0. The minimum atomic E-state index is -2.28. The maximum absolute atomic E-state index is 13.2. The van der Waals surface area contributed by atoms with E-state index in [0.717, 1.165) is 11.0 Å². The first kappa shape index (κ1) is 16.0. The van der Waals surface area contributed by atoms with Crippen molar-refractivity contribution < 1.29 is 18.8 Å². The van der Waals surface area contributed by atoms with Gasteiger partial charge in [-0.1, -0.05) is 40.9 Å². The molecule has 1 N–H and O–H groups in total. The molecule has 1 aliphatic heterocycles. The highest BCUT2D eigenvalue weighted by atomic mass is 35.6. The van der Waals surface area contributed by atoms with Gasteiger partial charge < -0.3 is 4.90 Å². The zero-order valence-corrected chi connectivity index (χ0v) is 12.6. The maximum Gasteiger partial charge on any atom is 0.278 e. The molecule has 0 saturated carbocycles. The van der Waals surface area contributed by atoms with Crippen molar-refractivity contribution >= 4 is 58.2 Å². The first-order valence-electron chi connectivity index (χ1n) is 5.68. The van der Waals surface area contributed by atoms with E-state index in [1.807, 2.05) is 5.32 Å². The molecule has 0 aromatic heterocycles. The van der Waals surface area contributed by atoms with Crippen molar-refractivity contribution in [1.82, 2.24) is 5.32 Å². The summed E-state index contributed by atoms with van der Waals surface area (Å²) >= 11 is 15.9. The van der Waals surface area contributed by atoms with Gasteiger partial charge in [-0.25, -0.2) is 4.39 Å². The van der Waals surface area contributed by atoms with Crippen molar-refractivity contribution in [3.05, 3.63) is 29.6 Å². The number of carbonyl (C=O) groups is 3. The van der Waals surface area contributed by atoms with Crippen LogP contribution in [0.3, 0.4) is 0 Å². The number of fused-ring (bicyclic) bond motifs is 1. The number of benzene rings is 1. The summed E-state index contributed by atoms with van der Waals surface area (Å²) in [6, 6.07) is 3.83. The number of hydrogen-bond acceptors (Lipinski definition) is 3. The fraction of sp³-hybridized carbons (Fsp3) is 0.250. The lowest BCUT2D eigenvalue weighted by molar-refractivity contribution is -0.130. The van der Waals surface area contributed by atoms with E-state index in [2.05, 4.69) is 0 Å². The van der Waals surface area contributed by atoms with Crippen LogP contribution in [0.5, 0.6) is 0 Å². The van der Waals surface area contributed by atoms with E-state index >= 15 is 0 Å². The predicted octanol–water partition coefficient (Wildman–Crippen LogP) is 1.73. The number of imide groups is 1. The molecule has 1 aromatic carbocycles. The lowest BCUT2D eigenvalue weighted by Crippen LogP contribution is -2.45. The molecule has 0 fully saturated rings. The molecule has 0 atom stereocenters. The number of halogens is 4. The number of alkyl halides is 3. The topological polar surface area (TPSA) is 66.5 Å². The smallest absolute Gasteiger partial charge is 0.278 e. The molecule has 0 bridgehead atoms. The van der Waals surface area contributed by atoms with Crippen LogP contribution in [0.4, 0.5) is 10.1 Å². The highest BCUT2D eigenvalue weighted by molar-refractivity contribution is 6.76. The van der Waals surface area contributed by atoms with Gasteiger partial charge in [-0.2, -0.15) is 0 Å². The second-order valence-electron chi connectivity index (χ2n) is 4.30. The van der Waals surface area contributed by atoms with E-state index < -0.39 is 28.0 Å². The molecule has 1 aromatic rings. The second kappa shape index (κ2) is 5.79. The lowest BCUT2D eigenvalue weighted by atomic mass is 10.1. The van der Waals surface area contributed by atoms with E-state index in [-0.39, 0.29) is 18.0 Å². The molecular formula is C12H8Cl3FN2O3. The fourth-order valence-electron chi connectivity index (χ4n) is 1.88. The zero-order chi connectivity index (χ0) is 15.8. The van der Waals surface area contributed by atoms with Crippen LogP contribution >= 0.6 is 34.8 Å². The van der Waals surface area contributed by atoms with E-state index in [1.165, 1.54) is 12.1 Å². The Kier molecular flexibility index (Phi) is 4.41. The molecule has 0 aliphatic carbocycles. The zero-order valence-electron chi connectivity index (χ0n) is 10.3. The quantitative estimate of drug-likeness (QED) is 0.824. The van der Waals surface area contributed by atoms with Crippen LogP contribution in [0.2, 0.25) is 0 Å². The van der Waals surface area contributed by atoms with Gasteiger partial charge in [0.2, 0.25) is 11.8 Å². The van der Waals surface area contributed by atoms with Crippen LogP contribution in [0.15, 0.2) is 18.2 Å². The van der Waals surface area contributed by atoms with Crippen molar-refractivity contribution in [3.63, 3.8) is 0 Å². The predicted molar refractivity (Wildman–Crippen MR) is 75.9 cm³/mol. The summed E-state index contributed by atoms with van der Waals surface area (Å²) in [5, 5.41) is 1.85. The summed E-state index contributed by atoms with van der Waals surface area (Å²) in [6.07, 6.45) is 0.0568. The molecule has 1 aliphatic rings. The van der Waals surface area contributed by atoms with Gasteiger partial charge in [0.15, 0.2) is 0 Å². The third kappa shape index (κ3) is 3.64. The Labute approximate surface area is 133 Å². The SMILES string of the molecule is O=C(CN1C(=O)Cc2ccc(F)cc21)NC(=O)C(Cl)(Cl)Cl. The summed E-state index contributed by atoms with van der Waals surface area (Å²) in [5.41, 5.74) is 0.887. The minimum Gasteiger partial charge on any atom is -0.302 e. The van der Waals surface area contributed by atoms with Crippen LogP contribution < -0.4 is 10.2 Å². The van der Waals surface area contributed by atoms with Gasteiger partial charge >= 0.3 is 0 Å². The average Bonchev–Trinajstić information content (AvgIpc) is 2.65. The Hall–Kier alpha value is -1.37. The molecule has 1 heterocycles. The summed E-state index contributed by atoms with van der Waals surface area (Å²) in [6.45, 7) is -0.470. The van der Waals surface area contributed by atoms with Crippen LogP contribution in [0.1, 0.15) is 5.56 Å². The van der Waals surface area contributed by atoms with Gasteiger partial charge in [0.05, 0.1) is 12.1 Å². The van der Waals surface area contributed by atoms with Gasteiger partial charge in [0.25, 0.3) is 9.70 Å². The van der Waals surface area contributed by atoms with Crippen LogP contribution in [-0.4, -0.2) is 28.1 Å². The van der Waals surface area contributed by atoms with Crippen LogP contribution in [0.25, 0.3) is 0 Å². The van der Waals surface area contributed by atoms with Crippen molar-refractivity contribution in [2.75, 3.05) is 11.4 Å². The number of rotatable bonds is 2. The molecule has 2 rings (SSSR count). The molecule has 0 spiro atoms. The van der Waals surface area contributed by atoms with Crippen LogP contribution in [0, 0.1) is 5.82 Å². The normalized spacial score (nSPS) is 14.1. The first-order valence-corrected chi connectivity index (χ1v) is 6.81. The summed E-state index contributed by atoms with van der Waals surface area (Å²) in [5.74, 6) is -2.88. The van der Waals surface area contributed by atoms with Gasteiger partial charge in [-0.3, -0.25) is 19.7 Å². The molecule has 0 unspecified atom stereocenters. The van der Waals surface area contributed by atoms with E-state index in [9.17, 15) is 18.8 Å². The largest absolute Gasteiger partial charge is 0.302 e. The molecule has 0 saturated heterocycles. The second-order valence-corrected chi connectivity index (χ2v) is 6.59. The maximum atomic E-state index is 13.2. The number of nitrogens with zero attached hydrogens (tertiary/aromatic N) is 1. The third-order valence-corrected chi connectivity index (χ3v) is 3.31. The molecule has 5 nitrogen and oxygen atoms in total. The Bertz CT molecular complexity index is 631. The monoisotopic (exact) mass is 352 g/mol. The number of hydrogen-bond donors (Lipinski definition) is 1. The van der Waals surface area contributed by atoms with Crippen molar-refractivity contribution in [2.45, 2.75) is 10.2 Å². The average molecular weight is 354 g/mol. The highest BCUT2D eigenvalue weighted by Crippen LogP contribution is 2.29. The molecule has 9 heteroatoms. The Morgan fingerprint density at radius 3 is 2.62 bits per heavy atom. The molecule has 3 amide bonds. The van der Waals surface area contributed by atoms with Crippen molar-refractivity contribution in [2.24, 2.45) is 0 Å². The van der Waals surface area contributed by atoms with Gasteiger partial charge in [0.1, 0.15) is 12.4 Å². The van der Waals surface area contributed by atoms with E-state index in [4.69, 9.17) is 34.8 Å². The molecular weight excluding hydrogens is 345 g/mol. The molecule has 0 radical (unpaired) electrons. The lowest BCUT2D eigenvalue weighted by Gasteiger charge is -2.17. The van der Waals surface area contributed by atoms with Crippen molar-refractivity contribution in [1.29, 1.82) is 0 Å². The van der Waals surface area contributed by atoms with Crippen LogP contribution in [-0.2, 0) is 20.8 Å².